The summed E-state index contributed by atoms with van der Waals surface area (Å²) in [5.41, 5.74) is 0.478. The number of carboxylic acids is 1. The van der Waals surface area contributed by atoms with E-state index in [-0.39, 0.29) is 12.5 Å². The van der Waals surface area contributed by atoms with Crippen molar-refractivity contribution in [1.82, 2.24) is 9.78 Å². The molecule has 7 nitrogen and oxygen atoms in total. The number of aromatic nitrogens is 2. The molecule has 0 aromatic carbocycles. The molecule has 1 atom stereocenters. The van der Waals surface area contributed by atoms with Crippen LogP contribution in [0.4, 0.5) is 5.69 Å². The van der Waals surface area contributed by atoms with Gasteiger partial charge in [0.1, 0.15) is 12.6 Å². The summed E-state index contributed by atoms with van der Waals surface area (Å²) in [6.45, 7) is 0.381. The lowest BCUT2D eigenvalue weighted by molar-refractivity contribution is -0.137. The van der Waals surface area contributed by atoms with Crippen molar-refractivity contribution >= 4 is 17.6 Å². The second-order valence-electron chi connectivity index (χ2n) is 3.81. The average Bonchev–Trinajstić information content (AvgIpc) is 2.87. The third kappa shape index (κ3) is 3.04. The van der Waals surface area contributed by atoms with Gasteiger partial charge in [-0.25, -0.2) is 0 Å². The largest absolute Gasteiger partial charge is 0.480 e. The molecule has 1 unspecified atom stereocenters. The molecule has 0 aliphatic carbocycles. The fraction of sp³-hybridized carbons (Fsp3) is 0.500. The molecular weight excluding hydrogens is 226 g/mol. The van der Waals surface area contributed by atoms with Gasteiger partial charge in [0, 0.05) is 12.8 Å². The van der Waals surface area contributed by atoms with Gasteiger partial charge in [0.05, 0.1) is 11.9 Å². The van der Waals surface area contributed by atoms with E-state index >= 15 is 0 Å². The van der Waals surface area contributed by atoms with Gasteiger partial charge in [-0.2, -0.15) is 5.10 Å². The SMILES string of the molecule is O=C(O)Cn1cc(NC(=O)C2CCCO2)cn1. The molecule has 1 saturated heterocycles. The molecular formula is C10H13N3O4. The van der Waals surface area contributed by atoms with Crippen molar-refractivity contribution in [2.75, 3.05) is 11.9 Å². The van der Waals surface area contributed by atoms with Crippen LogP contribution in [-0.4, -0.2) is 39.5 Å². The number of carbonyl (C=O) groups is 2. The molecule has 0 radical (unpaired) electrons. The highest BCUT2D eigenvalue weighted by atomic mass is 16.5. The number of aliphatic carboxylic acids is 1. The van der Waals surface area contributed by atoms with Crippen molar-refractivity contribution in [2.45, 2.75) is 25.5 Å². The lowest BCUT2D eigenvalue weighted by Gasteiger charge is -2.08. The van der Waals surface area contributed by atoms with Crippen LogP contribution in [0.5, 0.6) is 0 Å². The van der Waals surface area contributed by atoms with Crippen LogP contribution in [0.1, 0.15) is 12.8 Å². The Morgan fingerprint density at radius 1 is 1.65 bits per heavy atom. The number of nitrogens with zero attached hydrogens (tertiary/aromatic N) is 2. The highest BCUT2D eigenvalue weighted by Gasteiger charge is 2.23. The first-order valence-corrected chi connectivity index (χ1v) is 5.32. The molecule has 17 heavy (non-hydrogen) atoms. The molecule has 7 heteroatoms. The third-order valence-corrected chi connectivity index (χ3v) is 2.42. The van der Waals surface area contributed by atoms with E-state index in [1.165, 1.54) is 17.1 Å². The molecule has 2 heterocycles. The maximum Gasteiger partial charge on any atom is 0.325 e. The fourth-order valence-electron chi connectivity index (χ4n) is 1.66. The Kier molecular flexibility index (Phi) is 3.38. The van der Waals surface area contributed by atoms with Crippen molar-refractivity contribution in [3.8, 4) is 0 Å². The minimum atomic E-state index is -0.981. The summed E-state index contributed by atoms with van der Waals surface area (Å²) in [4.78, 5) is 22.1. The number of ether oxygens (including phenoxy) is 1. The summed E-state index contributed by atoms with van der Waals surface area (Å²) in [7, 11) is 0. The molecule has 2 rings (SSSR count). The zero-order valence-electron chi connectivity index (χ0n) is 9.13. The van der Waals surface area contributed by atoms with E-state index in [2.05, 4.69) is 10.4 Å². The predicted molar refractivity (Wildman–Crippen MR) is 57.5 cm³/mol. The van der Waals surface area contributed by atoms with Gasteiger partial charge in [-0.3, -0.25) is 14.3 Å². The first-order valence-electron chi connectivity index (χ1n) is 5.32. The van der Waals surface area contributed by atoms with E-state index in [9.17, 15) is 9.59 Å². The summed E-state index contributed by atoms with van der Waals surface area (Å²) in [5.74, 6) is -1.19. The molecule has 0 bridgehead atoms. The highest BCUT2D eigenvalue weighted by Crippen LogP contribution is 2.14. The van der Waals surface area contributed by atoms with Gasteiger partial charge in [0.15, 0.2) is 0 Å². The first-order chi connectivity index (χ1) is 8.15. The second-order valence-corrected chi connectivity index (χ2v) is 3.81. The maximum atomic E-state index is 11.7. The summed E-state index contributed by atoms with van der Waals surface area (Å²) in [6.07, 6.45) is 4.08. The molecule has 1 aliphatic rings. The number of anilines is 1. The van der Waals surface area contributed by atoms with Gasteiger partial charge in [-0.1, -0.05) is 0 Å². The molecule has 1 aromatic heterocycles. The normalized spacial score (nSPS) is 19.2. The van der Waals surface area contributed by atoms with E-state index in [4.69, 9.17) is 9.84 Å². The van der Waals surface area contributed by atoms with Crippen molar-refractivity contribution < 1.29 is 19.4 Å². The van der Waals surface area contributed by atoms with Crippen molar-refractivity contribution in [2.24, 2.45) is 0 Å². The molecule has 0 spiro atoms. The van der Waals surface area contributed by atoms with Crippen LogP contribution in [0.3, 0.4) is 0 Å². The van der Waals surface area contributed by atoms with Crippen LogP contribution in [0.2, 0.25) is 0 Å². The molecule has 2 N–H and O–H groups in total. The quantitative estimate of drug-likeness (QED) is 0.776. The number of nitrogens with one attached hydrogen (secondary N) is 1. The number of hydrogen-bond acceptors (Lipinski definition) is 4. The molecule has 1 aliphatic heterocycles. The number of amides is 1. The number of rotatable bonds is 4. The molecule has 1 amide bonds. The van der Waals surface area contributed by atoms with Gasteiger partial charge in [0.25, 0.3) is 5.91 Å². The Labute approximate surface area is 97.4 Å². The Bertz CT molecular complexity index is 423. The van der Waals surface area contributed by atoms with Crippen LogP contribution in [0.15, 0.2) is 12.4 Å². The van der Waals surface area contributed by atoms with Gasteiger partial charge in [0.2, 0.25) is 0 Å². The Morgan fingerprint density at radius 2 is 2.47 bits per heavy atom. The van der Waals surface area contributed by atoms with E-state index < -0.39 is 12.1 Å². The highest BCUT2D eigenvalue weighted by molar-refractivity contribution is 5.94. The lowest BCUT2D eigenvalue weighted by Crippen LogP contribution is -2.26. The molecule has 92 valence electrons. The van der Waals surface area contributed by atoms with Crippen LogP contribution in [0, 0.1) is 0 Å². The summed E-state index contributed by atoms with van der Waals surface area (Å²) < 4.78 is 6.47. The van der Waals surface area contributed by atoms with Crippen LogP contribution in [-0.2, 0) is 20.9 Å². The summed E-state index contributed by atoms with van der Waals surface area (Å²) in [5, 5.41) is 15.0. The minimum absolute atomic E-state index is 0.211. The van der Waals surface area contributed by atoms with E-state index in [1.54, 1.807) is 0 Å². The first kappa shape index (κ1) is 11.6. The second kappa shape index (κ2) is 4.96. The standard InChI is InChI=1S/C10H13N3O4/c14-9(15)6-13-5-7(4-11-13)12-10(16)8-2-1-3-17-8/h4-5,8H,1-3,6H2,(H,12,16)(H,14,15). The van der Waals surface area contributed by atoms with Crippen LogP contribution < -0.4 is 5.32 Å². The Hall–Kier alpha value is -1.89. The molecule has 1 aromatic rings. The fourth-order valence-corrected chi connectivity index (χ4v) is 1.66. The Balaban J connectivity index is 1.91. The summed E-state index contributed by atoms with van der Waals surface area (Å²) in [6, 6.07) is 0. The third-order valence-electron chi connectivity index (χ3n) is 2.42. The summed E-state index contributed by atoms with van der Waals surface area (Å²) >= 11 is 0. The average molecular weight is 239 g/mol. The Morgan fingerprint density at radius 3 is 3.12 bits per heavy atom. The van der Waals surface area contributed by atoms with E-state index in [0.29, 0.717) is 12.3 Å². The van der Waals surface area contributed by atoms with Crippen molar-refractivity contribution in [3.63, 3.8) is 0 Å². The predicted octanol–water partition coefficient (Wildman–Crippen LogP) is 0.0852. The molecule has 1 fully saturated rings. The topological polar surface area (TPSA) is 93.5 Å². The monoisotopic (exact) mass is 239 g/mol. The van der Waals surface area contributed by atoms with Gasteiger partial charge in [-0.15, -0.1) is 0 Å². The molecule has 0 saturated carbocycles. The van der Waals surface area contributed by atoms with Crippen LogP contribution >= 0.6 is 0 Å². The zero-order valence-corrected chi connectivity index (χ0v) is 9.13. The number of hydrogen-bond donors (Lipinski definition) is 2. The minimum Gasteiger partial charge on any atom is -0.480 e. The zero-order chi connectivity index (χ0) is 12.3. The lowest BCUT2D eigenvalue weighted by atomic mass is 10.2. The van der Waals surface area contributed by atoms with Gasteiger partial charge in [-0.05, 0) is 12.8 Å². The van der Waals surface area contributed by atoms with E-state index in [0.717, 1.165) is 12.8 Å². The van der Waals surface area contributed by atoms with E-state index in [1.807, 2.05) is 0 Å². The van der Waals surface area contributed by atoms with Crippen molar-refractivity contribution in [3.05, 3.63) is 12.4 Å². The maximum absolute atomic E-state index is 11.7. The van der Waals surface area contributed by atoms with Gasteiger partial charge < -0.3 is 15.2 Å². The van der Waals surface area contributed by atoms with Crippen molar-refractivity contribution in [1.29, 1.82) is 0 Å². The van der Waals surface area contributed by atoms with Gasteiger partial charge >= 0.3 is 5.97 Å². The number of carboxylic acid groups (broad SMARTS) is 1. The smallest absolute Gasteiger partial charge is 0.325 e. The number of carbonyl (C=O) groups excluding carboxylic acids is 1. The van der Waals surface area contributed by atoms with Crippen LogP contribution in [0.25, 0.3) is 0 Å².